The second-order valence-corrected chi connectivity index (χ2v) is 6.49. The van der Waals surface area contributed by atoms with Crippen LogP contribution in [-0.2, 0) is 11.3 Å². The Morgan fingerprint density at radius 3 is 2.88 bits per heavy atom. The fourth-order valence-corrected chi connectivity index (χ4v) is 3.67. The third-order valence-corrected chi connectivity index (χ3v) is 4.90. The second-order valence-electron chi connectivity index (χ2n) is 6.49. The van der Waals surface area contributed by atoms with E-state index in [0.717, 1.165) is 40.1 Å². The predicted molar refractivity (Wildman–Crippen MR) is 101 cm³/mol. The number of aromatic nitrogens is 3. The first-order valence-corrected chi connectivity index (χ1v) is 9.01. The van der Waals surface area contributed by atoms with Gasteiger partial charge < -0.3 is 10.1 Å². The third kappa shape index (κ3) is 2.71. The van der Waals surface area contributed by atoms with E-state index in [4.69, 9.17) is 9.72 Å². The van der Waals surface area contributed by atoms with Crippen LogP contribution in [-0.4, -0.2) is 27.3 Å². The van der Waals surface area contributed by atoms with Gasteiger partial charge in [-0.2, -0.15) is 5.10 Å². The van der Waals surface area contributed by atoms with Gasteiger partial charge in [-0.15, -0.1) is 0 Å². The number of nitrogens with zero attached hydrogens (tertiary/aromatic N) is 3. The molecular formula is C20H22N4O2. The molecule has 1 N–H and O–H groups in total. The summed E-state index contributed by atoms with van der Waals surface area (Å²) in [6.07, 6.45) is 0.388. The summed E-state index contributed by atoms with van der Waals surface area (Å²) in [6.45, 7) is 7.47. The van der Waals surface area contributed by atoms with E-state index in [0.29, 0.717) is 18.8 Å². The molecule has 2 aromatic heterocycles. The van der Waals surface area contributed by atoms with Crippen LogP contribution in [0.15, 0.2) is 30.3 Å². The van der Waals surface area contributed by atoms with Gasteiger partial charge in [-0.3, -0.25) is 14.5 Å². The number of ether oxygens (including phenoxy) is 1. The predicted octanol–water partition coefficient (Wildman–Crippen LogP) is 3.63. The Kier molecular flexibility index (Phi) is 4.11. The van der Waals surface area contributed by atoms with Gasteiger partial charge in [-0.1, -0.05) is 6.07 Å². The van der Waals surface area contributed by atoms with Crippen LogP contribution in [0.2, 0.25) is 0 Å². The highest BCUT2D eigenvalue weighted by atomic mass is 16.5. The van der Waals surface area contributed by atoms with Gasteiger partial charge in [0.15, 0.2) is 5.82 Å². The van der Waals surface area contributed by atoms with Crippen LogP contribution in [0.5, 0.6) is 5.75 Å². The van der Waals surface area contributed by atoms with E-state index >= 15 is 0 Å². The van der Waals surface area contributed by atoms with E-state index < -0.39 is 0 Å². The summed E-state index contributed by atoms with van der Waals surface area (Å²) >= 11 is 0. The van der Waals surface area contributed by atoms with E-state index in [1.165, 1.54) is 0 Å². The quantitative estimate of drug-likeness (QED) is 0.780. The smallest absolute Gasteiger partial charge is 0.226 e. The highest BCUT2D eigenvalue weighted by molar-refractivity contribution is 5.94. The van der Waals surface area contributed by atoms with E-state index in [2.05, 4.69) is 17.3 Å². The molecule has 0 bridgehead atoms. The average Bonchev–Trinajstić information content (AvgIpc) is 2.96. The Balaban J connectivity index is 1.79. The van der Waals surface area contributed by atoms with Gasteiger partial charge in [0.1, 0.15) is 5.75 Å². The van der Waals surface area contributed by atoms with Crippen molar-refractivity contribution in [1.82, 2.24) is 14.8 Å². The highest BCUT2D eigenvalue weighted by Gasteiger charge is 2.32. The van der Waals surface area contributed by atoms with E-state index in [1.54, 1.807) is 0 Å². The van der Waals surface area contributed by atoms with Crippen molar-refractivity contribution < 1.29 is 9.53 Å². The van der Waals surface area contributed by atoms with Crippen LogP contribution in [0, 0.1) is 6.92 Å². The summed E-state index contributed by atoms with van der Waals surface area (Å²) in [5.41, 5.74) is 3.96. The summed E-state index contributed by atoms with van der Waals surface area (Å²) in [6, 6.07) is 9.95. The number of rotatable bonds is 4. The lowest BCUT2D eigenvalue weighted by molar-refractivity contribution is -0.116. The van der Waals surface area contributed by atoms with Gasteiger partial charge in [0.05, 0.1) is 12.1 Å². The minimum Gasteiger partial charge on any atom is -0.494 e. The van der Waals surface area contributed by atoms with Crippen molar-refractivity contribution in [3.05, 3.63) is 47.3 Å². The Morgan fingerprint density at radius 1 is 1.27 bits per heavy atom. The first-order chi connectivity index (χ1) is 12.6. The normalized spacial score (nSPS) is 16.4. The van der Waals surface area contributed by atoms with Crippen LogP contribution >= 0.6 is 0 Å². The summed E-state index contributed by atoms with van der Waals surface area (Å²) in [5.74, 6) is 1.42. The zero-order valence-electron chi connectivity index (χ0n) is 15.2. The van der Waals surface area contributed by atoms with E-state index in [1.807, 2.05) is 48.9 Å². The number of fused-ring (bicyclic) bond motifs is 2. The molecule has 6 nitrogen and oxygen atoms in total. The van der Waals surface area contributed by atoms with Crippen molar-refractivity contribution >= 4 is 22.6 Å². The minimum atomic E-state index is -0.0741. The maximum Gasteiger partial charge on any atom is 0.226 e. The Bertz CT molecular complexity index is 993. The Morgan fingerprint density at radius 2 is 2.12 bits per heavy atom. The molecular weight excluding hydrogens is 328 g/mol. The zero-order chi connectivity index (χ0) is 18.3. The summed E-state index contributed by atoms with van der Waals surface area (Å²) in [4.78, 5) is 17.0. The summed E-state index contributed by atoms with van der Waals surface area (Å²) in [5, 5.41) is 8.46. The molecule has 1 atom stereocenters. The number of benzene rings is 1. The lowest BCUT2D eigenvalue weighted by atomic mass is 9.88. The number of carbonyl (C=O) groups is 1. The van der Waals surface area contributed by atoms with Gasteiger partial charge >= 0.3 is 0 Å². The molecule has 0 spiro atoms. The fraction of sp³-hybridized carbons (Fsp3) is 0.350. The van der Waals surface area contributed by atoms with Crippen molar-refractivity contribution in [2.24, 2.45) is 0 Å². The van der Waals surface area contributed by atoms with Crippen LogP contribution < -0.4 is 10.1 Å². The number of hydrogen-bond donors (Lipinski definition) is 1. The lowest BCUT2D eigenvalue weighted by Crippen LogP contribution is -2.24. The molecule has 1 amide bonds. The molecule has 0 saturated carbocycles. The van der Waals surface area contributed by atoms with Gasteiger partial charge in [0, 0.05) is 41.2 Å². The van der Waals surface area contributed by atoms with E-state index in [9.17, 15) is 4.79 Å². The molecule has 4 rings (SSSR count). The standard InChI is InChI=1S/C20H22N4O2/c1-4-24-12(3)19-15(11-18(25)22-20(19)23-24)17-8-6-13-10-14(26-5-2)7-9-16(13)21-17/h6-10,15H,4-5,11H2,1-3H3,(H,22,23,25). The number of pyridine rings is 1. The maximum absolute atomic E-state index is 12.2. The number of carbonyl (C=O) groups excluding carboxylic acids is 1. The van der Waals surface area contributed by atoms with Gasteiger partial charge in [-0.25, -0.2) is 0 Å². The molecule has 1 aliphatic rings. The highest BCUT2D eigenvalue weighted by Crippen LogP contribution is 2.38. The molecule has 26 heavy (non-hydrogen) atoms. The topological polar surface area (TPSA) is 69.0 Å². The molecule has 0 aliphatic carbocycles. The first-order valence-electron chi connectivity index (χ1n) is 9.01. The molecule has 0 fully saturated rings. The molecule has 1 aromatic carbocycles. The molecule has 3 heterocycles. The van der Waals surface area contributed by atoms with Crippen LogP contribution in [0.4, 0.5) is 5.82 Å². The summed E-state index contributed by atoms with van der Waals surface area (Å²) in [7, 11) is 0. The molecule has 6 heteroatoms. The first kappa shape index (κ1) is 16.6. The van der Waals surface area contributed by atoms with Crippen molar-refractivity contribution in [2.75, 3.05) is 11.9 Å². The van der Waals surface area contributed by atoms with Crippen LogP contribution in [0.1, 0.15) is 43.1 Å². The number of aryl methyl sites for hydroxylation is 1. The number of hydrogen-bond acceptors (Lipinski definition) is 4. The third-order valence-electron chi connectivity index (χ3n) is 4.90. The van der Waals surface area contributed by atoms with Crippen LogP contribution in [0.3, 0.4) is 0 Å². The fourth-order valence-electron chi connectivity index (χ4n) is 3.67. The maximum atomic E-state index is 12.2. The molecule has 0 saturated heterocycles. The van der Waals surface area contributed by atoms with Crippen molar-refractivity contribution in [2.45, 2.75) is 39.7 Å². The summed E-state index contributed by atoms with van der Waals surface area (Å²) < 4.78 is 7.49. The van der Waals surface area contributed by atoms with Gasteiger partial charge in [0.2, 0.25) is 5.91 Å². The van der Waals surface area contributed by atoms with Gasteiger partial charge in [0.25, 0.3) is 0 Å². The monoisotopic (exact) mass is 350 g/mol. The number of anilines is 1. The van der Waals surface area contributed by atoms with E-state index in [-0.39, 0.29) is 11.8 Å². The molecule has 1 unspecified atom stereocenters. The molecule has 0 radical (unpaired) electrons. The zero-order valence-corrected chi connectivity index (χ0v) is 15.2. The Labute approximate surface area is 152 Å². The molecule has 134 valence electrons. The second kappa shape index (κ2) is 6.44. The van der Waals surface area contributed by atoms with Crippen molar-refractivity contribution in [3.8, 4) is 5.75 Å². The lowest BCUT2D eigenvalue weighted by Gasteiger charge is -2.22. The van der Waals surface area contributed by atoms with Crippen molar-refractivity contribution in [1.29, 1.82) is 0 Å². The minimum absolute atomic E-state index is 0.0168. The van der Waals surface area contributed by atoms with Crippen LogP contribution in [0.25, 0.3) is 10.9 Å². The molecule has 1 aliphatic heterocycles. The average molecular weight is 350 g/mol. The SMILES string of the molecule is CCOc1ccc2nc(C3CC(=O)Nc4nn(CC)c(C)c43)ccc2c1. The number of nitrogens with one attached hydrogen (secondary N) is 1. The Hall–Kier alpha value is -2.89. The molecule has 3 aromatic rings. The largest absolute Gasteiger partial charge is 0.494 e. The van der Waals surface area contributed by atoms with Crippen molar-refractivity contribution in [3.63, 3.8) is 0 Å². The van der Waals surface area contributed by atoms with Gasteiger partial charge in [-0.05, 0) is 45.0 Å². The number of amides is 1.